The molecule has 0 aromatic rings. The average Bonchev–Trinajstić information content (AvgIpc) is 1.84. The third-order valence-corrected chi connectivity index (χ3v) is 1.44. The van der Waals surface area contributed by atoms with E-state index < -0.39 is 0 Å². The molecule has 0 amide bonds. The van der Waals surface area contributed by atoms with Gasteiger partial charge in [-0.05, 0) is 25.8 Å². The molecular formula is C7H14O. The van der Waals surface area contributed by atoms with Crippen molar-refractivity contribution in [2.45, 2.75) is 27.2 Å². The molecule has 0 rings (SSSR count). The first-order valence-corrected chi connectivity index (χ1v) is 2.92. The molecule has 0 aromatic heterocycles. The van der Waals surface area contributed by atoms with Gasteiger partial charge in [0, 0.05) is 0 Å². The summed E-state index contributed by atoms with van der Waals surface area (Å²) in [5, 5.41) is 0. The van der Waals surface area contributed by atoms with Crippen LogP contribution in [0.2, 0.25) is 0 Å². The third-order valence-electron chi connectivity index (χ3n) is 1.44. The van der Waals surface area contributed by atoms with Gasteiger partial charge in [0.2, 0.25) is 0 Å². The van der Waals surface area contributed by atoms with E-state index in [1.807, 2.05) is 6.92 Å². The zero-order valence-corrected chi connectivity index (χ0v) is 6.12. The Morgan fingerprint density at radius 3 is 2.00 bits per heavy atom. The summed E-state index contributed by atoms with van der Waals surface area (Å²) in [6, 6.07) is 0. The summed E-state index contributed by atoms with van der Waals surface area (Å²) >= 11 is 0. The molecule has 0 aromatic carbocycles. The van der Waals surface area contributed by atoms with Crippen molar-refractivity contribution in [1.82, 2.24) is 0 Å². The largest absolute Gasteiger partial charge is 0.501 e. The number of ether oxygens (including phenoxy) is 1. The van der Waals surface area contributed by atoms with Gasteiger partial charge in [-0.15, -0.1) is 0 Å². The van der Waals surface area contributed by atoms with E-state index in [0.29, 0.717) is 0 Å². The molecule has 1 nitrogen and oxygen atoms in total. The van der Waals surface area contributed by atoms with Crippen LogP contribution in [-0.4, -0.2) is 7.11 Å². The Kier molecular flexibility index (Phi) is 3.33. The highest BCUT2D eigenvalue weighted by Gasteiger charge is 1.89. The lowest BCUT2D eigenvalue weighted by Gasteiger charge is -2.01. The first-order valence-electron chi connectivity index (χ1n) is 2.92. The van der Waals surface area contributed by atoms with Gasteiger partial charge in [0.15, 0.2) is 0 Å². The Bertz CT molecular complexity index is 80.6. The first kappa shape index (κ1) is 7.54. The van der Waals surface area contributed by atoms with Gasteiger partial charge < -0.3 is 4.74 Å². The molecule has 0 fully saturated rings. The van der Waals surface area contributed by atoms with Crippen molar-refractivity contribution in [3.63, 3.8) is 0 Å². The van der Waals surface area contributed by atoms with Crippen LogP contribution in [0.3, 0.4) is 0 Å². The van der Waals surface area contributed by atoms with E-state index in [9.17, 15) is 0 Å². The molecule has 48 valence electrons. The van der Waals surface area contributed by atoms with E-state index in [0.717, 1.165) is 12.2 Å². The van der Waals surface area contributed by atoms with Crippen molar-refractivity contribution in [2.75, 3.05) is 7.11 Å². The maximum absolute atomic E-state index is 4.98. The van der Waals surface area contributed by atoms with Gasteiger partial charge in [0.05, 0.1) is 12.9 Å². The number of hydrogen-bond donors (Lipinski definition) is 0. The van der Waals surface area contributed by atoms with Crippen molar-refractivity contribution in [3.8, 4) is 0 Å². The number of allylic oxidation sites excluding steroid dienone is 2. The smallest absolute Gasteiger partial charge is 0.0913 e. The summed E-state index contributed by atoms with van der Waals surface area (Å²) in [6.45, 7) is 6.19. The standard InChI is InChI=1S/C7H14O/c1-5-6(2)7(3)8-4/h5H2,1-4H3/b7-6-. The van der Waals surface area contributed by atoms with Crippen molar-refractivity contribution < 1.29 is 4.74 Å². The molecule has 0 aliphatic carbocycles. The van der Waals surface area contributed by atoms with Gasteiger partial charge in [0.1, 0.15) is 0 Å². The molecule has 0 N–H and O–H groups in total. The van der Waals surface area contributed by atoms with Crippen LogP contribution in [0.1, 0.15) is 27.2 Å². The zero-order valence-electron chi connectivity index (χ0n) is 6.12. The highest BCUT2D eigenvalue weighted by molar-refractivity contribution is 5.01. The van der Waals surface area contributed by atoms with Crippen molar-refractivity contribution in [3.05, 3.63) is 11.3 Å². The Labute approximate surface area is 51.4 Å². The molecule has 0 aliphatic rings. The Morgan fingerprint density at radius 1 is 1.38 bits per heavy atom. The van der Waals surface area contributed by atoms with E-state index in [2.05, 4.69) is 13.8 Å². The van der Waals surface area contributed by atoms with Crippen LogP contribution in [0.5, 0.6) is 0 Å². The quantitative estimate of drug-likeness (QED) is 0.501. The van der Waals surface area contributed by atoms with Gasteiger partial charge >= 0.3 is 0 Å². The molecular weight excluding hydrogens is 100 g/mol. The summed E-state index contributed by atoms with van der Waals surface area (Å²) in [6.07, 6.45) is 1.08. The minimum Gasteiger partial charge on any atom is -0.501 e. The highest BCUT2D eigenvalue weighted by atomic mass is 16.5. The van der Waals surface area contributed by atoms with Crippen molar-refractivity contribution >= 4 is 0 Å². The number of rotatable bonds is 2. The second-order valence-corrected chi connectivity index (χ2v) is 1.89. The van der Waals surface area contributed by atoms with Gasteiger partial charge in [0.25, 0.3) is 0 Å². The van der Waals surface area contributed by atoms with E-state index in [4.69, 9.17) is 4.74 Å². The molecule has 0 saturated heterocycles. The number of hydrogen-bond acceptors (Lipinski definition) is 1. The molecule has 0 radical (unpaired) electrons. The van der Waals surface area contributed by atoms with Gasteiger partial charge in [-0.3, -0.25) is 0 Å². The lowest BCUT2D eigenvalue weighted by molar-refractivity contribution is 0.288. The minimum atomic E-state index is 1.05. The van der Waals surface area contributed by atoms with E-state index in [1.165, 1.54) is 5.57 Å². The van der Waals surface area contributed by atoms with E-state index >= 15 is 0 Å². The molecule has 0 unspecified atom stereocenters. The van der Waals surface area contributed by atoms with Crippen LogP contribution < -0.4 is 0 Å². The van der Waals surface area contributed by atoms with Crippen LogP contribution >= 0.6 is 0 Å². The highest BCUT2D eigenvalue weighted by Crippen LogP contribution is 2.05. The van der Waals surface area contributed by atoms with E-state index in [1.54, 1.807) is 7.11 Å². The second kappa shape index (κ2) is 3.53. The average molecular weight is 114 g/mol. The Balaban J connectivity index is 3.83. The van der Waals surface area contributed by atoms with Gasteiger partial charge in [-0.25, -0.2) is 0 Å². The Morgan fingerprint density at radius 2 is 1.88 bits per heavy atom. The maximum atomic E-state index is 4.98. The predicted molar refractivity (Wildman–Crippen MR) is 35.7 cm³/mol. The van der Waals surface area contributed by atoms with Gasteiger partial charge in [-0.1, -0.05) is 6.92 Å². The van der Waals surface area contributed by atoms with Crippen LogP contribution in [0.15, 0.2) is 11.3 Å². The van der Waals surface area contributed by atoms with Crippen molar-refractivity contribution in [2.24, 2.45) is 0 Å². The Hall–Kier alpha value is -0.460. The number of methoxy groups -OCH3 is 1. The monoisotopic (exact) mass is 114 g/mol. The zero-order chi connectivity index (χ0) is 6.57. The molecule has 8 heavy (non-hydrogen) atoms. The maximum Gasteiger partial charge on any atom is 0.0913 e. The molecule has 1 heteroatoms. The van der Waals surface area contributed by atoms with Crippen molar-refractivity contribution in [1.29, 1.82) is 0 Å². The summed E-state index contributed by atoms with van der Waals surface area (Å²) in [5.74, 6) is 1.05. The first-order chi connectivity index (χ1) is 3.72. The second-order valence-electron chi connectivity index (χ2n) is 1.89. The summed E-state index contributed by atoms with van der Waals surface area (Å²) < 4.78 is 4.98. The lowest BCUT2D eigenvalue weighted by Crippen LogP contribution is -1.83. The molecule has 0 atom stereocenters. The topological polar surface area (TPSA) is 9.23 Å². The van der Waals surface area contributed by atoms with E-state index in [-0.39, 0.29) is 0 Å². The van der Waals surface area contributed by atoms with Crippen LogP contribution in [0.4, 0.5) is 0 Å². The molecule has 0 heterocycles. The van der Waals surface area contributed by atoms with Gasteiger partial charge in [-0.2, -0.15) is 0 Å². The molecule has 0 saturated carbocycles. The predicted octanol–water partition coefficient (Wildman–Crippen LogP) is 2.34. The SMILES string of the molecule is CC/C(C)=C(/C)OC. The fraction of sp³-hybridized carbons (Fsp3) is 0.714. The summed E-state index contributed by atoms with van der Waals surface area (Å²) in [4.78, 5) is 0. The molecule has 0 aliphatic heterocycles. The van der Waals surface area contributed by atoms with Crippen LogP contribution in [-0.2, 0) is 4.74 Å². The van der Waals surface area contributed by atoms with Crippen LogP contribution in [0, 0.1) is 0 Å². The summed E-state index contributed by atoms with van der Waals surface area (Å²) in [5.41, 5.74) is 1.33. The summed E-state index contributed by atoms with van der Waals surface area (Å²) in [7, 11) is 1.70. The molecule has 0 bridgehead atoms. The fourth-order valence-corrected chi connectivity index (χ4v) is 0.423. The molecule has 0 spiro atoms. The normalized spacial score (nSPS) is 13.0. The fourth-order valence-electron chi connectivity index (χ4n) is 0.423. The van der Waals surface area contributed by atoms with Crippen LogP contribution in [0.25, 0.3) is 0 Å². The minimum absolute atomic E-state index is 1.05. The lowest BCUT2D eigenvalue weighted by atomic mass is 10.2. The third kappa shape index (κ3) is 2.01.